The maximum atomic E-state index is 5.90. The van der Waals surface area contributed by atoms with Crippen LogP contribution >= 0.6 is 43.5 Å². The van der Waals surface area contributed by atoms with Crippen LogP contribution in [0, 0.1) is 0 Å². The molecule has 1 aromatic rings. The first-order chi connectivity index (χ1) is 5.57. The lowest BCUT2D eigenvalue weighted by atomic mass is 10.3. The highest BCUT2D eigenvalue weighted by Gasteiger charge is 2.11. The molecule has 0 atom stereocenters. The highest BCUT2D eigenvalue weighted by Crippen LogP contribution is 2.40. The summed E-state index contributed by atoms with van der Waals surface area (Å²) < 4.78 is 6.42. The minimum Gasteiger partial charge on any atom is -0.495 e. The molecule has 0 unspecified atom stereocenters. The molecule has 0 aliphatic rings. The Hall–Kier alpha value is 0.0700. The molecule has 0 aliphatic heterocycles. The maximum Gasteiger partial charge on any atom is 0.139 e. The summed E-state index contributed by atoms with van der Waals surface area (Å²) in [6, 6.07) is 1.72. The van der Waals surface area contributed by atoms with E-state index in [2.05, 4.69) is 31.9 Å². The van der Waals surface area contributed by atoms with Crippen LogP contribution in [-0.2, 0) is 0 Å². The summed E-state index contributed by atoms with van der Waals surface area (Å²) in [5.41, 5.74) is 6.24. The van der Waals surface area contributed by atoms with Gasteiger partial charge < -0.3 is 10.5 Å². The van der Waals surface area contributed by atoms with E-state index in [4.69, 9.17) is 22.1 Å². The first kappa shape index (κ1) is 10.2. The summed E-state index contributed by atoms with van der Waals surface area (Å²) in [5.74, 6) is 0.588. The van der Waals surface area contributed by atoms with Crippen molar-refractivity contribution in [2.24, 2.45) is 0 Å². The van der Waals surface area contributed by atoms with Crippen LogP contribution in [0.2, 0.25) is 5.02 Å². The van der Waals surface area contributed by atoms with Gasteiger partial charge in [0.1, 0.15) is 5.75 Å². The van der Waals surface area contributed by atoms with E-state index in [9.17, 15) is 0 Å². The Kier molecular flexibility index (Phi) is 3.26. The molecule has 1 rings (SSSR count). The van der Waals surface area contributed by atoms with Crippen LogP contribution in [0.15, 0.2) is 15.0 Å². The number of rotatable bonds is 1. The fourth-order valence-corrected chi connectivity index (χ4v) is 2.05. The van der Waals surface area contributed by atoms with E-state index in [0.717, 1.165) is 4.47 Å². The lowest BCUT2D eigenvalue weighted by Gasteiger charge is -2.08. The Morgan fingerprint density at radius 3 is 2.58 bits per heavy atom. The van der Waals surface area contributed by atoms with Crippen molar-refractivity contribution in [2.75, 3.05) is 12.8 Å². The molecule has 1 aromatic carbocycles. The van der Waals surface area contributed by atoms with E-state index < -0.39 is 0 Å². The van der Waals surface area contributed by atoms with E-state index in [0.29, 0.717) is 20.9 Å². The summed E-state index contributed by atoms with van der Waals surface area (Å²) in [4.78, 5) is 0. The van der Waals surface area contributed by atoms with Gasteiger partial charge in [-0.2, -0.15) is 0 Å². The average Bonchev–Trinajstić information content (AvgIpc) is 2.08. The quantitative estimate of drug-likeness (QED) is 0.636. The minimum absolute atomic E-state index is 0.484. The van der Waals surface area contributed by atoms with Crippen molar-refractivity contribution < 1.29 is 4.74 Å². The number of anilines is 1. The molecule has 0 heterocycles. The number of nitrogens with two attached hydrogens (primary N) is 1. The molecule has 0 saturated heterocycles. The van der Waals surface area contributed by atoms with Crippen molar-refractivity contribution in [3.05, 3.63) is 20.0 Å². The Labute approximate surface area is 92.3 Å². The SMILES string of the molecule is COc1cc(Br)c(N)c(Br)c1Cl. The smallest absolute Gasteiger partial charge is 0.139 e. The van der Waals surface area contributed by atoms with E-state index in [1.54, 1.807) is 13.2 Å². The zero-order chi connectivity index (χ0) is 9.30. The van der Waals surface area contributed by atoms with Crippen LogP contribution in [0.3, 0.4) is 0 Å². The molecule has 0 bridgehead atoms. The molecule has 0 aromatic heterocycles. The van der Waals surface area contributed by atoms with Gasteiger partial charge in [-0.15, -0.1) is 0 Å². The Morgan fingerprint density at radius 2 is 2.08 bits per heavy atom. The molecule has 0 spiro atoms. The highest BCUT2D eigenvalue weighted by atomic mass is 79.9. The summed E-state index contributed by atoms with van der Waals surface area (Å²) >= 11 is 12.4. The topological polar surface area (TPSA) is 35.2 Å². The second-order valence-corrected chi connectivity index (χ2v) is 4.13. The molecule has 66 valence electrons. The van der Waals surface area contributed by atoms with Crippen LogP contribution in [0.1, 0.15) is 0 Å². The van der Waals surface area contributed by atoms with Gasteiger partial charge in [-0.1, -0.05) is 11.6 Å². The van der Waals surface area contributed by atoms with Gasteiger partial charge in [0, 0.05) is 4.47 Å². The van der Waals surface area contributed by atoms with Crippen molar-refractivity contribution in [3.63, 3.8) is 0 Å². The van der Waals surface area contributed by atoms with Crippen LogP contribution in [0.4, 0.5) is 5.69 Å². The number of methoxy groups -OCH3 is 1. The van der Waals surface area contributed by atoms with Gasteiger partial charge >= 0.3 is 0 Å². The summed E-state index contributed by atoms with van der Waals surface area (Å²) in [7, 11) is 1.55. The second-order valence-electron chi connectivity index (χ2n) is 2.10. The molecule has 5 heteroatoms. The van der Waals surface area contributed by atoms with E-state index in [-0.39, 0.29) is 0 Å². The molecule has 0 aliphatic carbocycles. The van der Waals surface area contributed by atoms with Gasteiger partial charge in [-0.05, 0) is 37.9 Å². The van der Waals surface area contributed by atoms with Crippen LogP contribution < -0.4 is 10.5 Å². The monoisotopic (exact) mass is 313 g/mol. The lowest BCUT2D eigenvalue weighted by Crippen LogP contribution is -1.92. The number of hydrogen-bond acceptors (Lipinski definition) is 2. The predicted octanol–water partition coefficient (Wildman–Crippen LogP) is 3.46. The zero-order valence-corrected chi connectivity index (χ0v) is 10.1. The molecule has 12 heavy (non-hydrogen) atoms. The summed E-state index contributed by atoms with van der Waals surface area (Å²) in [6.07, 6.45) is 0. The number of nitrogen functional groups attached to an aromatic ring is 1. The first-order valence-electron chi connectivity index (χ1n) is 3.05. The molecule has 0 amide bonds. The predicted molar refractivity (Wildman–Crippen MR) is 57.8 cm³/mol. The van der Waals surface area contributed by atoms with Gasteiger partial charge in [0.15, 0.2) is 0 Å². The fraction of sp³-hybridized carbons (Fsp3) is 0.143. The van der Waals surface area contributed by atoms with Gasteiger partial charge in [-0.3, -0.25) is 0 Å². The third-order valence-electron chi connectivity index (χ3n) is 1.38. The van der Waals surface area contributed by atoms with E-state index in [1.807, 2.05) is 0 Å². The van der Waals surface area contributed by atoms with E-state index in [1.165, 1.54) is 0 Å². The standard InChI is InChI=1S/C7H6Br2ClNO/c1-12-4-2-3(8)7(11)5(9)6(4)10/h2H,11H2,1H3. The third-order valence-corrected chi connectivity index (χ3v) is 3.46. The molecular formula is C7H6Br2ClNO. The molecule has 2 nitrogen and oxygen atoms in total. The van der Waals surface area contributed by atoms with Gasteiger partial charge in [0.05, 0.1) is 22.3 Å². The fourth-order valence-electron chi connectivity index (χ4n) is 0.736. The van der Waals surface area contributed by atoms with Gasteiger partial charge in [0.2, 0.25) is 0 Å². The normalized spacial score (nSPS) is 10.0. The Morgan fingerprint density at radius 1 is 1.50 bits per heavy atom. The van der Waals surface area contributed by atoms with Crippen molar-refractivity contribution in [1.29, 1.82) is 0 Å². The Balaban J connectivity index is 3.39. The Bertz CT molecular complexity index is 317. The third kappa shape index (κ3) is 1.70. The zero-order valence-electron chi connectivity index (χ0n) is 6.20. The highest BCUT2D eigenvalue weighted by molar-refractivity contribution is 9.11. The average molecular weight is 315 g/mol. The number of hydrogen-bond donors (Lipinski definition) is 1. The first-order valence-corrected chi connectivity index (χ1v) is 5.01. The second kappa shape index (κ2) is 3.85. The molecule has 0 radical (unpaired) electrons. The van der Waals surface area contributed by atoms with Crippen molar-refractivity contribution in [1.82, 2.24) is 0 Å². The maximum absolute atomic E-state index is 5.90. The summed E-state index contributed by atoms with van der Waals surface area (Å²) in [5, 5.41) is 0.484. The van der Waals surface area contributed by atoms with Crippen LogP contribution in [0.5, 0.6) is 5.75 Å². The van der Waals surface area contributed by atoms with Crippen LogP contribution in [0.25, 0.3) is 0 Å². The molecule has 0 saturated carbocycles. The van der Waals surface area contributed by atoms with Gasteiger partial charge in [-0.25, -0.2) is 0 Å². The molecule has 2 N–H and O–H groups in total. The summed E-state index contributed by atoms with van der Waals surface area (Å²) in [6.45, 7) is 0. The van der Waals surface area contributed by atoms with Crippen LogP contribution in [-0.4, -0.2) is 7.11 Å². The molecular weight excluding hydrogens is 309 g/mol. The molecule has 0 fully saturated rings. The van der Waals surface area contributed by atoms with Crippen molar-refractivity contribution >= 4 is 49.1 Å². The van der Waals surface area contributed by atoms with Crippen molar-refractivity contribution in [2.45, 2.75) is 0 Å². The largest absolute Gasteiger partial charge is 0.495 e. The number of ether oxygens (including phenoxy) is 1. The van der Waals surface area contributed by atoms with E-state index >= 15 is 0 Å². The minimum atomic E-state index is 0.484. The van der Waals surface area contributed by atoms with Crippen molar-refractivity contribution in [3.8, 4) is 5.75 Å². The lowest BCUT2D eigenvalue weighted by molar-refractivity contribution is 0.414. The number of benzene rings is 1. The van der Waals surface area contributed by atoms with Gasteiger partial charge in [0.25, 0.3) is 0 Å². The number of halogens is 3.